The van der Waals surface area contributed by atoms with E-state index >= 15 is 0 Å². The van der Waals surface area contributed by atoms with Crippen LogP contribution in [0.2, 0.25) is 0 Å². The minimum absolute atomic E-state index is 0.173. The molecule has 2 nitrogen and oxygen atoms in total. The van der Waals surface area contributed by atoms with Crippen LogP contribution in [0.1, 0.15) is 66.2 Å². The standard InChI is InChI=1S/C15H33NO/c1-5-9-10-13(6-2)11-16-12-15(17)14(7-3)8-4/h13-17H,5-12H2,1-4H3. The first-order valence-electron chi connectivity index (χ1n) is 7.58. The molecule has 0 rings (SSSR count). The zero-order valence-electron chi connectivity index (χ0n) is 12.3. The van der Waals surface area contributed by atoms with Gasteiger partial charge in [0.2, 0.25) is 0 Å². The highest BCUT2D eigenvalue weighted by atomic mass is 16.3. The van der Waals surface area contributed by atoms with Gasteiger partial charge in [-0.2, -0.15) is 0 Å². The minimum Gasteiger partial charge on any atom is -0.392 e. The lowest BCUT2D eigenvalue weighted by Crippen LogP contribution is -2.35. The Kier molecular flexibility index (Phi) is 11.0. The molecule has 0 aliphatic heterocycles. The second-order valence-corrected chi connectivity index (χ2v) is 5.22. The van der Waals surface area contributed by atoms with Crippen LogP contribution in [-0.4, -0.2) is 24.3 Å². The Bertz CT molecular complexity index is 157. The maximum absolute atomic E-state index is 10.0. The Morgan fingerprint density at radius 2 is 1.59 bits per heavy atom. The molecule has 2 N–H and O–H groups in total. The van der Waals surface area contributed by atoms with E-state index < -0.39 is 0 Å². The molecule has 104 valence electrons. The molecule has 17 heavy (non-hydrogen) atoms. The fourth-order valence-corrected chi connectivity index (χ4v) is 2.38. The lowest BCUT2D eigenvalue weighted by Gasteiger charge is -2.22. The van der Waals surface area contributed by atoms with Crippen molar-refractivity contribution in [1.82, 2.24) is 5.32 Å². The summed E-state index contributed by atoms with van der Waals surface area (Å²) < 4.78 is 0. The summed E-state index contributed by atoms with van der Waals surface area (Å²) in [6.45, 7) is 10.7. The first-order chi connectivity index (χ1) is 8.19. The molecule has 0 fully saturated rings. The van der Waals surface area contributed by atoms with Gasteiger partial charge in [-0.15, -0.1) is 0 Å². The Morgan fingerprint density at radius 1 is 0.941 bits per heavy atom. The van der Waals surface area contributed by atoms with Gasteiger partial charge in [0, 0.05) is 6.54 Å². The van der Waals surface area contributed by atoms with Crippen LogP contribution in [-0.2, 0) is 0 Å². The molecular formula is C15H33NO. The third kappa shape index (κ3) is 7.77. The molecular weight excluding hydrogens is 210 g/mol. The molecule has 2 heteroatoms. The Morgan fingerprint density at radius 3 is 2.06 bits per heavy atom. The van der Waals surface area contributed by atoms with Gasteiger partial charge in [-0.3, -0.25) is 0 Å². The van der Waals surface area contributed by atoms with Crippen molar-refractivity contribution in [3.8, 4) is 0 Å². The van der Waals surface area contributed by atoms with Crippen LogP contribution >= 0.6 is 0 Å². The van der Waals surface area contributed by atoms with Gasteiger partial charge in [0.05, 0.1) is 6.10 Å². The van der Waals surface area contributed by atoms with Gasteiger partial charge in [-0.25, -0.2) is 0 Å². The minimum atomic E-state index is -0.173. The van der Waals surface area contributed by atoms with E-state index in [1.807, 2.05) is 0 Å². The second-order valence-electron chi connectivity index (χ2n) is 5.22. The van der Waals surface area contributed by atoms with Crippen LogP contribution in [0.4, 0.5) is 0 Å². The number of rotatable bonds is 11. The topological polar surface area (TPSA) is 32.3 Å². The first kappa shape index (κ1) is 16.9. The third-order valence-electron chi connectivity index (χ3n) is 3.92. The van der Waals surface area contributed by atoms with E-state index in [1.54, 1.807) is 0 Å². The van der Waals surface area contributed by atoms with Crippen LogP contribution < -0.4 is 5.32 Å². The number of aliphatic hydroxyl groups excluding tert-OH is 1. The highest BCUT2D eigenvalue weighted by Gasteiger charge is 2.15. The molecule has 0 aliphatic carbocycles. The van der Waals surface area contributed by atoms with Crippen LogP contribution in [0, 0.1) is 11.8 Å². The number of hydrogen-bond acceptors (Lipinski definition) is 2. The molecule has 0 aromatic heterocycles. The maximum atomic E-state index is 10.0. The van der Waals surface area contributed by atoms with Crippen LogP contribution in [0.5, 0.6) is 0 Å². The van der Waals surface area contributed by atoms with Gasteiger partial charge in [-0.1, -0.05) is 59.8 Å². The van der Waals surface area contributed by atoms with Crippen molar-refractivity contribution < 1.29 is 5.11 Å². The molecule has 0 heterocycles. The molecule has 0 bridgehead atoms. The molecule has 0 spiro atoms. The molecule has 0 aliphatic rings. The predicted octanol–water partition coefficient (Wildman–Crippen LogP) is 3.59. The monoisotopic (exact) mass is 243 g/mol. The summed E-state index contributed by atoms with van der Waals surface area (Å²) >= 11 is 0. The van der Waals surface area contributed by atoms with E-state index in [0.29, 0.717) is 5.92 Å². The fourth-order valence-electron chi connectivity index (χ4n) is 2.38. The summed E-state index contributed by atoms with van der Waals surface area (Å²) in [4.78, 5) is 0. The number of hydrogen-bond donors (Lipinski definition) is 2. The molecule has 0 radical (unpaired) electrons. The largest absolute Gasteiger partial charge is 0.392 e. The van der Waals surface area contributed by atoms with Crippen molar-refractivity contribution in [3.05, 3.63) is 0 Å². The highest BCUT2D eigenvalue weighted by Crippen LogP contribution is 2.14. The summed E-state index contributed by atoms with van der Waals surface area (Å²) in [5.41, 5.74) is 0. The van der Waals surface area contributed by atoms with Crippen molar-refractivity contribution in [2.75, 3.05) is 13.1 Å². The van der Waals surface area contributed by atoms with Crippen LogP contribution in [0.3, 0.4) is 0 Å². The molecule has 0 aromatic carbocycles. The molecule has 0 saturated carbocycles. The van der Waals surface area contributed by atoms with E-state index in [2.05, 4.69) is 33.0 Å². The Hall–Kier alpha value is -0.0800. The van der Waals surface area contributed by atoms with Gasteiger partial charge < -0.3 is 10.4 Å². The van der Waals surface area contributed by atoms with Crippen molar-refractivity contribution in [2.45, 2.75) is 72.3 Å². The molecule has 2 unspecified atom stereocenters. The average Bonchev–Trinajstić information content (AvgIpc) is 2.35. The Balaban J connectivity index is 3.71. The normalized spacial score (nSPS) is 15.2. The second kappa shape index (κ2) is 11.0. The lowest BCUT2D eigenvalue weighted by molar-refractivity contribution is 0.100. The SMILES string of the molecule is CCCCC(CC)CNCC(O)C(CC)CC. The number of unbranched alkanes of at least 4 members (excludes halogenated alkanes) is 1. The van der Waals surface area contributed by atoms with Gasteiger partial charge in [0.25, 0.3) is 0 Å². The van der Waals surface area contributed by atoms with E-state index in [4.69, 9.17) is 0 Å². The number of nitrogens with one attached hydrogen (secondary N) is 1. The summed E-state index contributed by atoms with van der Waals surface area (Å²) in [5, 5.41) is 13.5. The average molecular weight is 243 g/mol. The van der Waals surface area contributed by atoms with Crippen molar-refractivity contribution >= 4 is 0 Å². The summed E-state index contributed by atoms with van der Waals surface area (Å²) in [5.74, 6) is 1.24. The molecule has 0 aromatic rings. The molecule has 2 atom stereocenters. The quantitative estimate of drug-likeness (QED) is 0.581. The van der Waals surface area contributed by atoms with Crippen molar-refractivity contribution in [2.24, 2.45) is 11.8 Å². The Labute approximate surface area is 108 Å². The van der Waals surface area contributed by atoms with Gasteiger partial charge in [0.15, 0.2) is 0 Å². The van der Waals surface area contributed by atoms with Crippen LogP contribution in [0.25, 0.3) is 0 Å². The molecule has 0 saturated heterocycles. The van der Waals surface area contributed by atoms with E-state index in [0.717, 1.165) is 31.8 Å². The van der Waals surface area contributed by atoms with E-state index in [1.165, 1.54) is 25.7 Å². The molecule has 0 amide bonds. The van der Waals surface area contributed by atoms with E-state index in [9.17, 15) is 5.11 Å². The van der Waals surface area contributed by atoms with Crippen molar-refractivity contribution in [1.29, 1.82) is 0 Å². The summed E-state index contributed by atoms with van der Waals surface area (Å²) in [6, 6.07) is 0. The summed E-state index contributed by atoms with van der Waals surface area (Å²) in [6.07, 6.45) is 7.16. The predicted molar refractivity (Wildman–Crippen MR) is 76.3 cm³/mol. The fraction of sp³-hybridized carbons (Fsp3) is 1.00. The number of aliphatic hydroxyl groups is 1. The van der Waals surface area contributed by atoms with E-state index in [-0.39, 0.29) is 6.10 Å². The van der Waals surface area contributed by atoms with Gasteiger partial charge in [0.1, 0.15) is 0 Å². The van der Waals surface area contributed by atoms with Crippen LogP contribution in [0.15, 0.2) is 0 Å². The highest BCUT2D eigenvalue weighted by molar-refractivity contribution is 4.70. The zero-order valence-corrected chi connectivity index (χ0v) is 12.3. The van der Waals surface area contributed by atoms with Gasteiger partial charge in [-0.05, 0) is 24.8 Å². The lowest BCUT2D eigenvalue weighted by atomic mass is 9.96. The van der Waals surface area contributed by atoms with Gasteiger partial charge >= 0.3 is 0 Å². The third-order valence-corrected chi connectivity index (χ3v) is 3.92. The first-order valence-corrected chi connectivity index (χ1v) is 7.58. The maximum Gasteiger partial charge on any atom is 0.0692 e. The zero-order chi connectivity index (χ0) is 13.1. The summed E-state index contributed by atoms with van der Waals surface area (Å²) in [7, 11) is 0. The van der Waals surface area contributed by atoms with Crippen molar-refractivity contribution in [3.63, 3.8) is 0 Å². The smallest absolute Gasteiger partial charge is 0.0692 e.